The maximum absolute atomic E-state index is 6.04. The summed E-state index contributed by atoms with van der Waals surface area (Å²) in [4.78, 5) is 0. The SMILES string of the molecule is Cc1ccc(N)c(-c2nnnn2Cc2cccc(Cl)c2)c1. The molecule has 0 atom stereocenters. The average molecular weight is 300 g/mol. The van der Waals surface area contributed by atoms with E-state index in [-0.39, 0.29) is 0 Å². The van der Waals surface area contributed by atoms with Crippen molar-refractivity contribution in [2.24, 2.45) is 0 Å². The zero-order valence-corrected chi connectivity index (χ0v) is 12.2. The van der Waals surface area contributed by atoms with Gasteiger partial charge in [-0.05, 0) is 47.2 Å². The smallest absolute Gasteiger partial charge is 0.184 e. The number of nitrogens with two attached hydrogens (primary N) is 1. The first-order chi connectivity index (χ1) is 10.1. The molecule has 1 aromatic heterocycles. The summed E-state index contributed by atoms with van der Waals surface area (Å²) in [7, 11) is 0. The van der Waals surface area contributed by atoms with Crippen LogP contribution in [-0.2, 0) is 6.54 Å². The summed E-state index contributed by atoms with van der Waals surface area (Å²) in [5.74, 6) is 0.649. The quantitative estimate of drug-likeness (QED) is 0.755. The fourth-order valence-corrected chi connectivity index (χ4v) is 2.39. The van der Waals surface area contributed by atoms with Gasteiger partial charge in [-0.25, -0.2) is 4.68 Å². The third-order valence-corrected chi connectivity index (χ3v) is 3.44. The molecule has 0 spiro atoms. The maximum Gasteiger partial charge on any atom is 0.184 e. The first kappa shape index (κ1) is 13.6. The van der Waals surface area contributed by atoms with Gasteiger partial charge in [0.15, 0.2) is 5.82 Å². The highest BCUT2D eigenvalue weighted by Crippen LogP contribution is 2.25. The Morgan fingerprint density at radius 2 is 2.05 bits per heavy atom. The molecule has 3 rings (SSSR count). The number of nitrogen functional groups attached to an aromatic ring is 1. The van der Waals surface area contributed by atoms with E-state index in [0.717, 1.165) is 16.7 Å². The van der Waals surface area contributed by atoms with Crippen LogP contribution in [-0.4, -0.2) is 20.2 Å². The Hall–Kier alpha value is -2.40. The first-order valence-corrected chi connectivity index (χ1v) is 6.88. The van der Waals surface area contributed by atoms with Gasteiger partial charge >= 0.3 is 0 Å². The Bertz CT molecular complexity index is 781. The number of halogens is 1. The lowest BCUT2D eigenvalue weighted by Crippen LogP contribution is -2.05. The molecule has 21 heavy (non-hydrogen) atoms. The minimum Gasteiger partial charge on any atom is -0.398 e. The second kappa shape index (κ2) is 5.54. The van der Waals surface area contributed by atoms with Crippen LogP contribution in [0.4, 0.5) is 5.69 Å². The van der Waals surface area contributed by atoms with Crippen LogP contribution in [0.5, 0.6) is 0 Å². The maximum atomic E-state index is 6.04. The monoisotopic (exact) mass is 299 g/mol. The van der Waals surface area contributed by atoms with Crippen molar-refractivity contribution in [1.82, 2.24) is 20.2 Å². The molecule has 106 valence electrons. The van der Waals surface area contributed by atoms with Gasteiger partial charge in [-0.1, -0.05) is 35.4 Å². The highest BCUT2D eigenvalue weighted by atomic mass is 35.5. The highest BCUT2D eigenvalue weighted by Gasteiger charge is 2.12. The Kier molecular flexibility index (Phi) is 3.58. The summed E-state index contributed by atoms with van der Waals surface area (Å²) < 4.78 is 1.72. The van der Waals surface area contributed by atoms with E-state index < -0.39 is 0 Å². The van der Waals surface area contributed by atoms with Gasteiger partial charge in [-0.15, -0.1) is 5.10 Å². The lowest BCUT2D eigenvalue weighted by atomic mass is 10.1. The number of benzene rings is 2. The van der Waals surface area contributed by atoms with Crippen LogP contribution >= 0.6 is 11.6 Å². The van der Waals surface area contributed by atoms with E-state index in [2.05, 4.69) is 15.5 Å². The zero-order valence-electron chi connectivity index (χ0n) is 11.5. The number of nitrogens with zero attached hydrogens (tertiary/aromatic N) is 4. The highest BCUT2D eigenvalue weighted by molar-refractivity contribution is 6.30. The molecule has 0 radical (unpaired) electrons. The standard InChI is InChI=1S/C15H14ClN5/c1-10-5-6-14(17)13(7-10)15-18-19-20-21(15)9-11-3-2-4-12(16)8-11/h2-8H,9,17H2,1H3. The number of aryl methyl sites for hydroxylation is 1. The molecule has 2 N–H and O–H groups in total. The fourth-order valence-electron chi connectivity index (χ4n) is 2.18. The molecular formula is C15H14ClN5. The van der Waals surface area contributed by atoms with Crippen molar-refractivity contribution in [1.29, 1.82) is 0 Å². The number of hydrogen-bond acceptors (Lipinski definition) is 4. The number of tetrazole rings is 1. The van der Waals surface area contributed by atoms with Gasteiger partial charge in [-0.3, -0.25) is 0 Å². The van der Waals surface area contributed by atoms with Crippen LogP contribution in [0, 0.1) is 6.92 Å². The van der Waals surface area contributed by atoms with Crippen LogP contribution in [0.25, 0.3) is 11.4 Å². The van der Waals surface area contributed by atoms with E-state index in [4.69, 9.17) is 17.3 Å². The van der Waals surface area contributed by atoms with Gasteiger partial charge in [-0.2, -0.15) is 0 Å². The molecule has 0 aliphatic carbocycles. The van der Waals surface area contributed by atoms with E-state index in [1.807, 2.05) is 49.4 Å². The van der Waals surface area contributed by atoms with Crippen molar-refractivity contribution in [2.75, 3.05) is 5.73 Å². The molecule has 2 aromatic carbocycles. The van der Waals surface area contributed by atoms with E-state index in [0.29, 0.717) is 23.1 Å². The Morgan fingerprint density at radius 1 is 1.19 bits per heavy atom. The number of anilines is 1. The van der Waals surface area contributed by atoms with Crippen LogP contribution in [0.3, 0.4) is 0 Å². The minimum absolute atomic E-state index is 0.538. The van der Waals surface area contributed by atoms with Crippen molar-refractivity contribution in [3.05, 3.63) is 58.6 Å². The number of aromatic nitrogens is 4. The molecule has 0 aliphatic heterocycles. The molecule has 0 amide bonds. The first-order valence-electron chi connectivity index (χ1n) is 6.50. The van der Waals surface area contributed by atoms with E-state index in [9.17, 15) is 0 Å². The van der Waals surface area contributed by atoms with Gasteiger partial charge in [0, 0.05) is 16.3 Å². The van der Waals surface area contributed by atoms with E-state index in [1.54, 1.807) is 4.68 Å². The topological polar surface area (TPSA) is 69.6 Å². The number of hydrogen-bond donors (Lipinski definition) is 1. The summed E-state index contributed by atoms with van der Waals surface area (Å²) in [6.45, 7) is 2.55. The molecule has 0 saturated carbocycles. The summed E-state index contributed by atoms with van der Waals surface area (Å²) in [5, 5.41) is 12.6. The summed E-state index contributed by atoms with van der Waals surface area (Å²) in [6.07, 6.45) is 0. The third-order valence-electron chi connectivity index (χ3n) is 3.20. The Balaban J connectivity index is 1.99. The molecule has 0 unspecified atom stereocenters. The molecule has 0 saturated heterocycles. The zero-order chi connectivity index (χ0) is 14.8. The van der Waals surface area contributed by atoms with E-state index >= 15 is 0 Å². The van der Waals surface area contributed by atoms with Gasteiger partial charge in [0.1, 0.15) is 0 Å². The summed E-state index contributed by atoms with van der Waals surface area (Å²) in [5.41, 5.74) is 9.67. The van der Waals surface area contributed by atoms with Crippen molar-refractivity contribution >= 4 is 17.3 Å². The van der Waals surface area contributed by atoms with Gasteiger partial charge in [0.2, 0.25) is 0 Å². The molecule has 0 bridgehead atoms. The molecular weight excluding hydrogens is 286 g/mol. The van der Waals surface area contributed by atoms with E-state index in [1.165, 1.54) is 0 Å². The lowest BCUT2D eigenvalue weighted by molar-refractivity contribution is 0.653. The molecule has 0 aliphatic rings. The average Bonchev–Trinajstić information content (AvgIpc) is 2.89. The Morgan fingerprint density at radius 3 is 2.86 bits per heavy atom. The second-order valence-electron chi connectivity index (χ2n) is 4.88. The largest absolute Gasteiger partial charge is 0.398 e. The lowest BCUT2D eigenvalue weighted by Gasteiger charge is -2.08. The van der Waals surface area contributed by atoms with Crippen molar-refractivity contribution in [2.45, 2.75) is 13.5 Å². The number of rotatable bonds is 3. The molecule has 1 heterocycles. The summed E-state index contributed by atoms with van der Waals surface area (Å²) in [6, 6.07) is 13.4. The molecule has 3 aromatic rings. The van der Waals surface area contributed by atoms with Crippen LogP contribution in [0.2, 0.25) is 5.02 Å². The van der Waals surface area contributed by atoms with Gasteiger partial charge < -0.3 is 5.73 Å². The van der Waals surface area contributed by atoms with Crippen molar-refractivity contribution < 1.29 is 0 Å². The van der Waals surface area contributed by atoms with Crippen LogP contribution in [0.15, 0.2) is 42.5 Å². The normalized spacial score (nSPS) is 10.8. The molecule has 0 fully saturated rings. The van der Waals surface area contributed by atoms with Gasteiger partial charge in [0.25, 0.3) is 0 Å². The van der Waals surface area contributed by atoms with Crippen LogP contribution in [0.1, 0.15) is 11.1 Å². The Labute approximate surface area is 127 Å². The summed E-state index contributed by atoms with van der Waals surface area (Å²) >= 11 is 6.01. The molecule has 5 nitrogen and oxygen atoms in total. The second-order valence-corrected chi connectivity index (χ2v) is 5.32. The molecule has 6 heteroatoms. The fraction of sp³-hybridized carbons (Fsp3) is 0.133. The predicted molar refractivity (Wildman–Crippen MR) is 83.0 cm³/mol. The van der Waals surface area contributed by atoms with Gasteiger partial charge in [0.05, 0.1) is 6.54 Å². The van der Waals surface area contributed by atoms with Crippen LogP contribution < -0.4 is 5.73 Å². The minimum atomic E-state index is 0.538. The van der Waals surface area contributed by atoms with Crippen molar-refractivity contribution in [3.63, 3.8) is 0 Å². The van der Waals surface area contributed by atoms with Crippen molar-refractivity contribution in [3.8, 4) is 11.4 Å². The predicted octanol–water partition coefficient (Wildman–Crippen LogP) is 2.93. The third kappa shape index (κ3) is 2.87.